The number of hydrogen-bond acceptors (Lipinski definition) is 22. The summed E-state index contributed by atoms with van der Waals surface area (Å²) in [5, 5.41) is 52.8. The van der Waals surface area contributed by atoms with Gasteiger partial charge in [-0.2, -0.15) is 0 Å². The third kappa shape index (κ3) is 12.1. The summed E-state index contributed by atoms with van der Waals surface area (Å²) in [4.78, 5) is 128. The quantitative estimate of drug-likeness (QED) is 0.0574. The van der Waals surface area contributed by atoms with Crippen LogP contribution in [0, 0.1) is 12.8 Å². The lowest BCUT2D eigenvalue weighted by Gasteiger charge is -2.24. The van der Waals surface area contributed by atoms with Crippen molar-refractivity contribution in [2.45, 2.75) is 76.3 Å². The fourth-order valence-electron chi connectivity index (χ4n) is 8.88. The van der Waals surface area contributed by atoms with Gasteiger partial charge in [0.05, 0.1) is 30.3 Å². The first-order valence-corrected chi connectivity index (χ1v) is 29.9. The number of carbonyl (C=O) groups is 7. The first-order chi connectivity index (χ1) is 38.5. The van der Waals surface area contributed by atoms with Crippen molar-refractivity contribution in [2.24, 2.45) is 11.7 Å². The number of carboxylic acid groups (broad SMARTS) is 1. The molecule has 0 radical (unpaired) electrons. The molecule has 10 rings (SSSR count). The molecule has 1 fully saturated rings. The van der Waals surface area contributed by atoms with Crippen LogP contribution in [0.2, 0.25) is 0 Å². The van der Waals surface area contributed by atoms with Crippen LogP contribution in [0.25, 0.3) is 43.4 Å². The fourth-order valence-corrected chi connectivity index (χ4v) is 14.2. The minimum Gasteiger partial charge on any atom is -0.481 e. The van der Waals surface area contributed by atoms with Gasteiger partial charge in [-0.25, -0.2) is 39.7 Å². The van der Waals surface area contributed by atoms with Crippen LogP contribution >= 0.6 is 68.0 Å². The van der Waals surface area contributed by atoms with Crippen LogP contribution in [0.1, 0.15) is 131 Å². The molecule has 23 nitrogen and oxygen atoms in total. The van der Waals surface area contributed by atoms with Gasteiger partial charge in [-0.1, -0.05) is 43.7 Å². The zero-order valence-electron chi connectivity index (χ0n) is 42.1. The number of aliphatic hydroxyl groups excluding tert-OH is 2. The molecule has 1 saturated heterocycles. The third-order valence-electron chi connectivity index (χ3n) is 13.0. The van der Waals surface area contributed by atoms with E-state index in [1.165, 1.54) is 49.7 Å². The van der Waals surface area contributed by atoms with Crippen molar-refractivity contribution in [2.75, 3.05) is 13.1 Å². The highest BCUT2D eigenvalue weighted by Crippen LogP contribution is 2.42. The molecule has 2 aliphatic heterocycles. The third-order valence-corrected chi connectivity index (χ3v) is 18.6. The Hall–Kier alpha value is -7.64. The summed E-state index contributed by atoms with van der Waals surface area (Å²) in [6.07, 6.45) is -0.970. The van der Waals surface area contributed by atoms with E-state index in [1.54, 1.807) is 72.5 Å². The number of rotatable bonds is 12. The molecule has 2 aliphatic rings. The molecular formula is C51H47N13O10S6. The number of pyridine rings is 1. The molecule has 1 aromatic carbocycles. The molecular weight excluding hydrogens is 1150 g/mol. The summed E-state index contributed by atoms with van der Waals surface area (Å²) >= 11 is 6.86. The number of carbonyl (C=O) groups excluding carboxylic acids is 6. The Labute approximate surface area is 478 Å². The number of thiazole rings is 6. The SMILES string of the molecule is Cc1sc2nc1C(=O)N[C@@H]([C@H](O)c1ccccc1)c1nc(cs1)C(=O)NC(=O)N1C[C@H](O)[C@H](C)[C@H]1c1nc(cs1)-c1nc(cs1)-c1nc(-c3nc(C(=O)NCCCCCC(=O)O)cs3)ccc1-c1nc(cs1)C(=O)N[C@H]2CC(N)=O. The molecule has 0 unspecified atom stereocenters. The summed E-state index contributed by atoms with van der Waals surface area (Å²) in [6.45, 7) is 3.63. The molecule has 8 aromatic rings. The van der Waals surface area contributed by atoms with Crippen LogP contribution in [0.5, 0.6) is 0 Å². The molecule has 0 spiro atoms. The number of aromatic nitrogens is 7. The van der Waals surface area contributed by atoms with Crippen LogP contribution in [-0.2, 0) is 9.59 Å². The Balaban J connectivity index is 1.02. The van der Waals surface area contributed by atoms with Gasteiger partial charge in [0.15, 0.2) is 0 Å². The van der Waals surface area contributed by atoms with Gasteiger partial charge < -0.3 is 41.9 Å². The van der Waals surface area contributed by atoms with E-state index in [4.69, 9.17) is 30.8 Å². The van der Waals surface area contributed by atoms with E-state index in [0.717, 1.165) is 34.0 Å². The Morgan fingerprint density at radius 3 is 2.20 bits per heavy atom. The minimum absolute atomic E-state index is 0.0200. The van der Waals surface area contributed by atoms with Crippen LogP contribution in [0.4, 0.5) is 4.79 Å². The van der Waals surface area contributed by atoms with E-state index in [0.29, 0.717) is 84.6 Å². The molecule has 6 atom stereocenters. The number of amides is 7. The number of aliphatic hydroxyl groups is 2. The number of aryl methyl sites for hydroxylation is 1. The molecule has 0 saturated carbocycles. The van der Waals surface area contributed by atoms with Crippen molar-refractivity contribution in [3.63, 3.8) is 0 Å². The van der Waals surface area contributed by atoms with Crippen LogP contribution in [-0.4, -0.2) is 116 Å². The van der Waals surface area contributed by atoms with E-state index >= 15 is 0 Å². The van der Waals surface area contributed by atoms with Gasteiger partial charge in [0.25, 0.3) is 23.6 Å². The largest absolute Gasteiger partial charge is 0.481 e. The van der Waals surface area contributed by atoms with Crippen LogP contribution in [0.3, 0.4) is 0 Å². The van der Waals surface area contributed by atoms with Gasteiger partial charge in [-0.05, 0) is 37.5 Å². The summed E-state index contributed by atoms with van der Waals surface area (Å²) in [5.74, 6) is -4.85. The molecule has 0 aliphatic carbocycles. The van der Waals surface area contributed by atoms with Gasteiger partial charge in [0, 0.05) is 62.8 Å². The predicted octanol–water partition coefficient (Wildman–Crippen LogP) is 6.94. The number of fused-ring (bicyclic) bond motifs is 16. The van der Waals surface area contributed by atoms with Gasteiger partial charge in [0.2, 0.25) is 5.91 Å². The number of benzene rings is 1. The Bertz CT molecular complexity index is 3670. The highest BCUT2D eigenvalue weighted by Gasteiger charge is 2.44. The second-order valence-corrected chi connectivity index (χ2v) is 24.1. The number of unbranched alkanes of at least 4 members (excludes halogenated alkanes) is 2. The second-order valence-electron chi connectivity index (χ2n) is 18.6. The molecule has 7 aromatic heterocycles. The number of nitrogens with two attached hydrogens (primary N) is 1. The first-order valence-electron chi connectivity index (χ1n) is 24.7. The summed E-state index contributed by atoms with van der Waals surface area (Å²) in [6, 6.07) is 8.01. The van der Waals surface area contributed by atoms with E-state index < -0.39 is 84.2 Å². The van der Waals surface area contributed by atoms with Crippen molar-refractivity contribution < 1.29 is 48.9 Å². The predicted molar refractivity (Wildman–Crippen MR) is 299 cm³/mol. The van der Waals surface area contributed by atoms with Crippen molar-refractivity contribution in [1.29, 1.82) is 0 Å². The Kier molecular flexibility index (Phi) is 16.7. The van der Waals surface area contributed by atoms with E-state index in [2.05, 4.69) is 36.2 Å². The molecule has 9 N–H and O–H groups in total. The minimum atomic E-state index is -1.39. The lowest BCUT2D eigenvalue weighted by atomic mass is 10.0. The van der Waals surface area contributed by atoms with Gasteiger partial charge in [-0.3, -0.25) is 34.1 Å². The summed E-state index contributed by atoms with van der Waals surface area (Å²) < 4.78 is 0. The summed E-state index contributed by atoms with van der Waals surface area (Å²) in [5.41, 5.74) is 8.09. The lowest BCUT2D eigenvalue weighted by Crippen LogP contribution is -2.43. The van der Waals surface area contributed by atoms with Crippen LogP contribution < -0.4 is 27.0 Å². The van der Waals surface area contributed by atoms with Crippen molar-refractivity contribution in [3.05, 3.63) is 118 Å². The van der Waals surface area contributed by atoms with Gasteiger partial charge in [0.1, 0.15) is 82.0 Å². The maximum atomic E-state index is 14.3. The van der Waals surface area contributed by atoms with E-state index in [-0.39, 0.29) is 45.8 Å². The summed E-state index contributed by atoms with van der Waals surface area (Å²) in [7, 11) is 0. The first kappa shape index (κ1) is 55.7. The van der Waals surface area contributed by atoms with Crippen molar-refractivity contribution in [1.82, 2.24) is 61.1 Å². The van der Waals surface area contributed by atoms with E-state index in [1.807, 2.05) is 0 Å². The number of aliphatic carboxylic acids is 1. The van der Waals surface area contributed by atoms with Gasteiger partial charge in [-0.15, -0.1) is 68.0 Å². The number of primary amides is 1. The highest BCUT2D eigenvalue weighted by atomic mass is 32.1. The average molecular weight is 1190 g/mol. The zero-order valence-corrected chi connectivity index (χ0v) is 47.0. The van der Waals surface area contributed by atoms with E-state index in [9.17, 15) is 43.8 Å². The number of nitrogens with one attached hydrogen (secondary N) is 4. The fraction of sp³-hybridized carbons (Fsp3) is 0.294. The smallest absolute Gasteiger partial charge is 0.325 e. The maximum absolute atomic E-state index is 14.3. The standard InChI is InChI=1S/C51H47N13O10S6/c1-22-33(65)16-64-39(22)50-60-32(21-79-50)47-56-28(17-76-47)37-25(12-13-26(54-37)46-58-29(18-77-46)41(70)53-14-8-4-7-11-35(67)68)45-57-30(19-75-45)42(71)55-27(15-34(52)66)48-62-36(23(2)80-48)44(73)61-38(40(69)24-9-5-3-6-10-24)49-59-31(20-78-49)43(72)63-51(64)74/h3,5-6,9-10,12-13,17-22,27,33,38-40,65,69H,4,7-8,11,14-16H2,1-2H3,(H2,52,66)(H,53,70)(H,55,71)(H,61,73)(H,67,68)(H,63,72,74)/t22-,27-,33-,38-,39-,40+/m0/s1. The molecule has 10 bridgehead atoms. The molecule has 80 heavy (non-hydrogen) atoms. The number of urea groups is 1. The lowest BCUT2D eigenvalue weighted by molar-refractivity contribution is -0.137. The molecule has 9 heterocycles. The number of nitrogens with zero attached hydrogens (tertiary/aromatic N) is 8. The highest BCUT2D eigenvalue weighted by molar-refractivity contribution is 7.15. The number of imide groups is 1. The van der Waals surface area contributed by atoms with Gasteiger partial charge >= 0.3 is 12.0 Å². The Morgan fingerprint density at radius 2 is 1.41 bits per heavy atom. The molecule has 7 amide bonds. The number of carboxylic acids is 1. The molecule has 29 heteroatoms. The normalized spacial score (nSPS) is 18.9. The van der Waals surface area contributed by atoms with Crippen molar-refractivity contribution >= 4 is 110 Å². The average Bonchev–Trinajstić information content (AvgIpc) is 4.36. The number of hydrogen-bond donors (Lipinski definition) is 8. The van der Waals surface area contributed by atoms with Crippen LogP contribution in [0.15, 0.2) is 69.4 Å². The second kappa shape index (κ2) is 24.0. The zero-order chi connectivity index (χ0) is 56.4. The Morgan fingerprint density at radius 1 is 0.725 bits per heavy atom. The monoisotopic (exact) mass is 1190 g/mol. The maximum Gasteiger partial charge on any atom is 0.325 e. The molecule has 412 valence electrons. The van der Waals surface area contributed by atoms with Crippen molar-refractivity contribution in [3.8, 4) is 43.4 Å². The topological polar surface area (TPSA) is 348 Å².